The van der Waals surface area contributed by atoms with E-state index in [1.165, 1.54) is 0 Å². The van der Waals surface area contributed by atoms with Crippen molar-refractivity contribution in [2.75, 3.05) is 0 Å². The molecule has 0 radical (unpaired) electrons. The molecule has 0 spiro atoms. The molecule has 0 aliphatic rings. The number of nitrogens with one attached hydrogen (secondary N) is 1. The number of fused-ring (bicyclic) bond motifs is 1. The highest BCUT2D eigenvalue weighted by molar-refractivity contribution is 5.94. The fourth-order valence-electron chi connectivity index (χ4n) is 1.52. The Morgan fingerprint density at radius 1 is 1.50 bits per heavy atom. The van der Waals surface area contributed by atoms with E-state index in [1.54, 1.807) is 0 Å². The second-order valence-corrected chi connectivity index (χ2v) is 3.15. The number of benzene rings is 1. The monoisotopic (exact) mass is 190 g/mol. The van der Waals surface area contributed by atoms with Gasteiger partial charge in [-0.2, -0.15) is 0 Å². The largest absolute Gasteiger partial charge is 0.493 e. The second-order valence-electron chi connectivity index (χ2n) is 3.15. The van der Waals surface area contributed by atoms with Crippen molar-refractivity contribution in [1.29, 1.82) is 0 Å². The first-order valence-electron chi connectivity index (χ1n) is 4.43. The van der Waals surface area contributed by atoms with Gasteiger partial charge in [-0.15, -0.1) is 4.91 Å². The van der Waals surface area contributed by atoms with Gasteiger partial charge in [-0.3, -0.25) is 0 Å². The van der Waals surface area contributed by atoms with Crippen LogP contribution in [-0.2, 0) is 6.42 Å². The first kappa shape index (κ1) is 8.74. The molecule has 14 heavy (non-hydrogen) atoms. The predicted molar refractivity (Wildman–Crippen MR) is 54.8 cm³/mol. The summed E-state index contributed by atoms with van der Waals surface area (Å²) in [5, 5.41) is 12.8. The molecule has 4 nitrogen and oxygen atoms in total. The van der Waals surface area contributed by atoms with Crippen LogP contribution in [0.3, 0.4) is 0 Å². The third-order valence-electron chi connectivity index (χ3n) is 2.32. The molecule has 0 aliphatic carbocycles. The first-order chi connectivity index (χ1) is 6.76. The number of H-pyrrole nitrogens is 1. The summed E-state index contributed by atoms with van der Waals surface area (Å²) in [6.07, 6.45) is 0.889. The Morgan fingerprint density at radius 3 is 2.93 bits per heavy atom. The number of aryl methyl sites for hydroxylation is 1. The van der Waals surface area contributed by atoms with E-state index >= 15 is 0 Å². The van der Waals surface area contributed by atoms with Crippen LogP contribution in [-0.4, -0.2) is 10.1 Å². The summed E-state index contributed by atoms with van der Waals surface area (Å²) in [6.45, 7) is 2.03. The highest BCUT2D eigenvalue weighted by Gasteiger charge is 2.10. The molecule has 0 fully saturated rings. The van der Waals surface area contributed by atoms with E-state index in [-0.39, 0.29) is 11.6 Å². The van der Waals surface area contributed by atoms with Gasteiger partial charge in [0.05, 0.1) is 5.52 Å². The molecule has 1 heterocycles. The van der Waals surface area contributed by atoms with Gasteiger partial charge in [0.2, 0.25) is 5.88 Å². The van der Waals surface area contributed by atoms with Crippen LogP contribution in [0.1, 0.15) is 12.5 Å². The van der Waals surface area contributed by atoms with E-state index in [2.05, 4.69) is 10.2 Å². The van der Waals surface area contributed by atoms with Gasteiger partial charge in [0.1, 0.15) is 0 Å². The molecule has 0 bridgehead atoms. The van der Waals surface area contributed by atoms with Crippen molar-refractivity contribution in [3.05, 3.63) is 28.7 Å². The van der Waals surface area contributed by atoms with E-state index < -0.39 is 0 Å². The number of aromatic hydroxyl groups is 1. The third-order valence-corrected chi connectivity index (χ3v) is 2.32. The minimum Gasteiger partial charge on any atom is -0.493 e. The van der Waals surface area contributed by atoms with Crippen LogP contribution in [0.4, 0.5) is 5.69 Å². The van der Waals surface area contributed by atoms with E-state index in [0.29, 0.717) is 5.39 Å². The number of hydrogen-bond donors (Lipinski definition) is 2. The summed E-state index contributed by atoms with van der Waals surface area (Å²) in [4.78, 5) is 13.2. The lowest BCUT2D eigenvalue weighted by molar-refractivity contribution is 0.460. The van der Waals surface area contributed by atoms with Crippen LogP contribution < -0.4 is 0 Å². The molecular weight excluding hydrogens is 180 g/mol. The average Bonchev–Trinajstić information content (AvgIpc) is 2.52. The minimum absolute atomic E-state index is 0.0929. The Labute approximate surface area is 80.5 Å². The van der Waals surface area contributed by atoms with Gasteiger partial charge >= 0.3 is 0 Å². The van der Waals surface area contributed by atoms with Gasteiger partial charge in [0, 0.05) is 5.39 Å². The number of nitroso groups, excluding NO2 is 1. The smallest absolute Gasteiger partial charge is 0.219 e. The summed E-state index contributed by atoms with van der Waals surface area (Å²) in [5.74, 6) is -0.164. The maximum Gasteiger partial charge on any atom is 0.219 e. The van der Waals surface area contributed by atoms with Crippen LogP contribution in [0.15, 0.2) is 23.4 Å². The molecule has 2 aromatic rings. The van der Waals surface area contributed by atoms with E-state index in [4.69, 9.17) is 0 Å². The van der Waals surface area contributed by atoms with Crippen LogP contribution in [0.25, 0.3) is 10.9 Å². The molecule has 0 atom stereocenters. The fraction of sp³-hybridized carbons (Fsp3) is 0.200. The standard InChI is InChI=1S/C10H10N2O2/c1-2-6-3-4-8-7(5-6)9(12-14)10(13)11-8/h3-5,11,13H,2H2,1H3. The number of hydrogen-bond acceptors (Lipinski definition) is 3. The van der Waals surface area contributed by atoms with Gasteiger partial charge in [0.15, 0.2) is 5.69 Å². The van der Waals surface area contributed by atoms with E-state index in [1.807, 2.05) is 25.1 Å². The SMILES string of the molecule is CCc1ccc2[nH]c(O)c(N=O)c2c1. The topological polar surface area (TPSA) is 65.4 Å². The van der Waals surface area contributed by atoms with E-state index in [0.717, 1.165) is 17.5 Å². The maximum atomic E-state index is 10.5. The quantitative estimate of drug-likeness (QED) is 0.715. The van der Waals surface area contributed by atoms with Crippen molar-refractivity contribution in [2.24, 2.45) is 5.18 Å². The predicted octanol–water partition coefficient (Wildman–Crippen LogP) is 2.83. The Bertz CT molecular complexity index is 488. The Kier molecular flexibility index (Phi) is 1.96. The molecule has 4 heteroatoms. The molecule has 2 N–H and O–H groups in total. The lowest BCUT2D eigenvalue weighted by atomic mass is 10.1. The molecule has 72 valence electrons. The number of rotatable bonds is 2. The van der Waals surface area contributed by atoms with Crippen molar-refractivity contribution in [3.8, 4) is 5.88 Å². The van der Waals surface area contributed by atoms with Crippen molar-refractivity contribution >= 4 is 16.6 Å². The Balaban J connectivity index is 2.77. The maximum absolute atomic E-state index is 10.5. The van der Waals surface area contributed by atoms with Crippen molar-refractivity contribution < 1.29 is 5.11 Å². The molecule has 1 aromatic carbocycles. The second kappa shape index (κ2) is 3.14. The van der Waals surface area contributed by atoms with Crippen molar-refractivity contribution in [1.82, 2.24) is 4.98 Å². The molecule has 0 amide bonds. The summed E-state index contributed by atoms with van der Waals surface area (Å²) in [5.41, 5.74) is 1.94. The van der Waals surface area contributed by atoms with Crippen LogP contribution in [0, 0.1) is 4.91 Å². The number of aromatic amines is 1. The van der Waals surface area contributed by atoms with Gasteiger partial charge in [0.25, 0.3) is 0 Å². The van der Waals surface area contributed by atoms with Crippen LogP contribution in [0.2, 0.25) is 0 Å². The minimum atomic E-state index is -0.164. The lowest BCUT2D eigenvalue weighted by Crippen LogP contribution is -1.77. The number of aromatic nitrogens is 1. The molecule has 0 aliphatic heterocycles. The Hall–Kier alpha value is -1.84. The van der Waals surface area contributed by atoms with Gasteiger partial charge < -0.3 is 10.1 Å². The summed E-state index contributed by atoms with van der Waals surface area (Å²) in [7, 11) is 0. The zero-order valence-electron chi connectivity index (χ0n) is 7.74. The molecular formula is C10H10N2O2. The first-order valence-corrected chi connectivity index (χ1v) is 4.43. The van der Waals surface area contributed by atoms with Gasteiger partial charge in [-0.05, 0) is 29.3 Å². The molecule has 1 aromatic heterocycles. The Morgan fingerprint density at radius 2 is 2.29 bits per heavy atom. The molecule has 0 saturated carbocycles. The van der Waals surface area contributed by atoms with Gasteiger partial charge in [-0.25, -0.2) is 0 Å². The number of nitrogens with zero attached hydrogens (tertiary/aromatic N) is 1. The van der Waals surface area contributed by atoms with Crippen LogP contribution >= 0.6 is 0 Å². The zero-order chi connectivity index (χ0) is 10.1. The third kappa shape index (κ3) is 1.16. The molecule has 0 saturated heterocycles. The fourth-order valence-corrected chi connectivity index (χ4v) is 1.52. The zero-order valence-corrected chi connectivity index (χ0v) is 7.74. The molecule has 0 unspecified atom stereocenters. The van der Waals surface area contributed by atoms with Crippen LogP contribution in [0.5, 0.6) is 5.88 Å². The average molecular weight is 190 g/mol. The van der Waals surface area contributed by atoms with Crippen molar-refractivity contribution in [3.63, 3.8) is 0 Å². The van der Waals surface area contributed by atoms with E-state index in [9.17, 15) is 10.0 Å². The summed E-state index contributed by atoms with van der Waals surface area (Å²) in [6, 6.07) is 5.65. The lowest BCUT2D eigenvalue weighted by Gasteiger charge is -1.95. The van der Waals surface area contributed by atoms with Gasteiger partial charge in [-0.1, -0.05) is 13.0 Å². The summed E-state index contributed by atoms with van der Waals surface area (Å²) < 4.78 is 0. The highest BCUT2D eigenvalue weighted by atomic mass is 16.3. The highest BCUT2D eigenvalue weighted by Crippen LogP contribution is 2.35. The normalized spacial score (nSPS) is 10.6. The van der Waals surface area contributed by atoms with Crippen molar-refractivity contribution in [2.45, 2.75) is 13.3 Å². The summed E-state index contributed by atoms with van der Waals surface area (Å²) >= 11 is 0. The molecule has 2 rings (SSSR count).